The summed E-state index contributed by atoms with van der Waals surface area (Å²) in [5.74, 6) is 0. The fourth-order valence-electron chi connectivity index (χ4n) is 2.34. The third-order valence-corrected chi connectivity index (χ3v) is 3.55. The molecule has 23 heavy (non-hydrogen) atoms. The Labute approximate surface area is 131 Å². The van der Waals surface area contributed by atoms with Gasteiger partial charge in [-0.3, -0.25) is 10.1 Å². The van der Waals surface area contributed by atoms with Gasteiger partial charge in [0.05, 0.1) is 4.92 Å². The van der Waals surface area contributed by atoms with E-state index in [2.05, 4.69) is 0 Å². The van der Waals surface area contributed by atoms with E-state index in [1.807, 2.05) is 31.2 Å². The summed E-state index contributed by atoms with van der Waals surface area (Å²) in [5.41, 5.74) is 2.84. The van der Waals surface area contributed by atoms with E-state index in [-0.39, 0.29) is 11.3 Å². The van der Waals surface area contributed by atoms with Crippen LogP contribution in [-0.2, 0) is 0 Å². The standard InChI is InChI=1S/C18H13NO4/c1-12-10-18(20)23-17-11-14(6-9-16(12)17)3-2-13-4-7-15(8-5-13)19(21)22/h2-11H,1H3/b3-2+. The topological polar surface area (TPSA) is 73.3 Å². The Bertz CT molecular complexity index is 968. The second kappa shape index (κ2) is 5.88. The maximum atomic E-state index is 11.4. The minimum atomic E-state index is -0.429. The summed E-state index contributed by atoms with van der Waals surface area (Å²) in [6.07, 6.45) is 3.71. The molecule has 0 bridgehead atoms. The van der Waals surface area contributed by atoms with Crippen molar-refractivity contribution in [1.82, 2.24) is 0 Å². The van der Waals surface area contributed by atoms with Gasteiger partial charge in [0.1, 0.15) is 5.58 Å². The van der Waals surface area contributed by atoms with Crippen molar-refractivity contribution in [2.24, 2.45) is 0 Å². The lowest BCUT2D eigenvalue weighted by Crippen LogP contribution is -1.97. The molecule has 0 aliphatic carbocycles. The Hall–Kier alpha value is -3.21. The first-order chi connectivity index (χ1) is 11.0. The van der Waals surface area contributed by atoms with Crippen molar-refractivity contribution in [3.63, 3.8) is 0 Å². The molecule has 3 aromatic rings. The first-order valence-corrected chi connectivity index (χ1v) is 7.00. The molecule has 0 atom stereocenters. The van der Waals surface area contributed by atoms with Crippen LogP contribution in [0, 0.1) is 17.0 Å². The van der Waals surface area contributed by atoms with E-state index in [4.69, 9.17) is 4.42 Å². The summed E-state index contributed by atoms with van der Waals surface area (Å²) in [7, 11) is 0. The summed E-state index contributed by atoms with van der Waals surface area (Å²) in [4.78, 5) is 21.6. The fraction of sp³-hybridized carbons (Fsp3) is 0.0556. The number of hydrogen-bond donors (Lipinski definition) is 0. The molecule has 0 saturated heterocycles. The Morgan fingerprint density at radius 1 is 1.00 bits per heavy atom. The molecule has 0 aliphatic heterocycles. The Balaban J connectivity index is 1.91. The number of aryl methyl sites for hydroxylation is 1. The Morgan fingerprint density at radius 2 is 1.65 bits per heavy atom. The minimum Gasteiger partial charge on any atom is -0.423 e. The van der Waals surface area contributed by atoms with E-state index in [0.29, 0.717) is 5.58 Å². The molecule has 2 aromatic carbocycles. The molecule has 0 radical (unpaired) electrons. The summed E-state index contributed by atoms with van der Waals surface area (Å²) in [6.45, 7) is 1.87. The normalized spacial score (nSPS) is 11.2. The first-order valence-electron chi connectivity index (χ1n) is 7.00. The summed E-state index contributed by atoms with van der Waals surface area (Å²) < 4.78 is 5.21. The number of rotatable bonds is 3. The molecule has 0 spiro atoms. The Kier molecular flexibility index (Phi) is 3.76. The smallest absolute Gasteiger partial charge is 0.336 e. The van der Waals surface area contributed by atoms with Crippen LogP contribution in [0.1, 0.15) is 16.7 Å². The van der Waals surface area contributed by atoms with Gasteiger partial charge in [0.15, 0.2) is 0 Å². The monoisotopic (exact) mass is 307 g/mol. The van der Waals surface area contributed by atoms with Crippen LogP contribution in [0.25, 0.3) is 23.1 Å². The first kappa shape index (κ1) is 14.7. The van der Waals surface area contributed by atoms with Gasteiger partial charge in [-0.1, -0.05) is 24.3 Å². The van der Waals surface area contributed by atoms with Gasteiger partial charge in [-0.15, -0.1) is 0 Å². The molecule has 0 fully saturated rings. The number of non-ortho nitro benzene ring substituents is 1. The number of fused-ring (bicyclic) bond motifs is 1. The molecule has 0 N–H and O–H groups in total. The van der Waals surface area contributed by atoms with Gasteiger partial charge in [-0.05, 0) is 41.8 Å². The Morgan fingerprint density at radius 3 is 2.35 bits per heavy atom. The van der Waals surface area contributed by atoms with Crippen molar-refractivity contribution in [3.8, 4) is 0 Å². The van der Waals surface area contributed by atoms with Crippen molar-refractivity contribution in [3.05, 3.63) is 85.8 Å². The second-order valence-corrected chi connectivity index (χ2v) is 5.19. The maximum absolute atomic E-state index is 11.4. The maximum Gasteiger partial charge on any atom is 0.336 e. The summed E-state index contributed by atoms with van der Waals surface area (Å²) in [5, 5.41) is 11.5. The molecule has 0 amide bonds. The van der Waals surface area contributed by atoms with Crippen molar-refractivity contribution in [2.75, 3.05) is 0 Å². The largest absolute Gasteiger partial charge is 0.423 e. The molecule has 0 aliphatic rings. The van der Waals surface area contributed by atoms with Gasteiger partial charge >= 0.3 is 5.63 Å². The van der Waals surface area contributed by atoms with Gasteiger partial charge in [0.2, 0.25) is 0 Å². The molecule has 3 rings (SSSR count). The van der Waals surface area contributed by atoms with Gasteiger partial charge in [-0.25, -0.2) is 4.79 Å². The summed E-state index contributed by atoms with van der Waals surface area (Å²) in [6, 6.07) is 13.4. The third kappa shape index (κ3) is 3.18. The molecule has 0 unspecified atom stereocenters. The van der Waals surface area contributed by atoms with Crippen LogP contribution in [0.4, 0.5) is 5.69 Å². The van der Waals surface area contributed by atoms with Crippen molar-refractivity contribution < 1.29 is 9.34 Å². The molecule has 114 valence electrons. The number of nitro benzene ring substituents is 1. The molecule has 1 heterocycles. The van der Waals surface area contributed by atoms with E-state index in [1.165, 1.54) is 18.2 Å². The number of benzene rings is 2. The van der Waals surface area contributed by atoms with Crippen LogP contribution in [0.2, 0.25) is 0 Å². The van der Waals surface area contributed by atoms with Gasteiger partial charge in [0.25, 0.3) is 5.69 Å². The zero-order valence-electron chi connectivity index (χ0n) is 12.4. The molecule has 5 heteroatoms. The van der Waals surface area contributed by atoms with Crippen molar-refractivity contribution in [1.29, 1.82) is 0 Å². The highest BCUT2D eigenvalue weighted by Gasteiger charge is 2.03. The molecule has 5 nitrogen and oxygen atoms in total. The van der Waals surface area contributed by atoms with Crippen molar-refractivity contribution >= 4 is 28.8 Å². The minimum absolute atomic E-state index is 0.0603. The average Bonchev–Trinajstić information content (AvgIpc) is 2.52. The number of hydrogen-bond acceptors (Lipinski definition) is 4. The highest BCUT2D eigenvalue weighted by Crippen LogP contribution is 2.20. The van der Waals surface area contributed by atoms with Crippen LogP contribution in [0.15, 0.2) is 57.7 Å². The zero-order chi connectivity index (χ0) is 16.4. The van der Waals surface area contributed by atoms with E-state index in [9.17, 15) is 14.9 Å². The lowest BCUT2D eigenvalue weighted by Gasteiger charge is -2.01. The average molecular weight is 307 g/mol. The van der Waals surface area contributed by atoms with Crippen LogP contribution >= 0.6 is 0 Å². The van der Waals surface area contributed by atoms with E-state index in [1.54, 1.807) is 18.2 Å². The van der Waals surface area contributed by atoms with E-state index in [0.717, 1.165) is 22.1 Å². The van der Waals surface area contributed by atoms with Crippen LogP contribution < -0.4 is 5.63 Å². The molecular weight excluding hydrogens is 294 g/mol. The number of nitrogens with zero attached hydrogens (tertiary/aromatic N) is 1. The lowest BCUT2D eigenvalue weighted by atomic mass is 10.1. The second-order valence-electron chi connectivity index (χ2n) is 5.19. The van der Waals surface area contributed by atoms with Crippen LogP contribution in [-0.4, -0.2) is 4.92 Å². The van der Waals surface area contributed by atoms with E-state index >= 15 is 0 Å². The molecule has 1 aromatic heterocycles. The third-order valence-electron chi connectivity index (χ3n) is 3.55. The van der Waals surface area contributed by atoms with Gasteiger partial charge < -0.3 is 4.42 Å². The predicted octanol–water partition coefficient (Wildman–Crippen LogP) is 4.18. The molecular formula is C18H13NO4. The van der Waals surface area contributed by atoms with Gasteiger partial charge in [0, 0.05) is 23.6 Å². The SMILES string of the molecule is Cc1cc(=O)oc2cc(/C=C/c3ccc([N+](=O)[O-])cc3)ccc12. The quantitative estimate of drug-likeness (QED) is 0.315. The number of nitro groups is 1. The predicted molar refractivity (Wildman–Crippen MR) is 89.2 cm³/mol. The zero-order valence-corrected chi connectivity index (χ0v) is 12.4. The highest BCUT2D eigenvalue weighted by molar-refractivity contribution is 5.83. The van der Waals surface area contributed by atoms with Crippen molar-refractivity contribution in [2.45, 2.75) is 6.92 Å². The lowest BCUT2D eigenvalue weighted by molar-refractivity contribution is -0.384. The highest BCUT2D eigenvalue weighted by atomic mass is 16.6. The summed E-state index contributed by atoms with van der Waals surface area (Å²) >= 11 is 0. The van der Waals surface area contributed by atoms with Crippen LogP contribution in [0.3, 0.4) is 0 Å². The van der Waals surface area contributed by atoms with Crippen LogP contribution in [0.5, 0.6) is 0 Å². The van der Waals surface area contributed by atoms with Gasteiger partial charge in [-0.2, -0.15) is 0 Å². The molecule has 0 saturated carbocycles. The fourth-order valence-corrected chi connectivity index (χ4v) is 2.34. The van der Waals surface area contributed by atoms with E-state index < -0.39 is 4.92 Å².